The first-order chi connectivity index (χ1) is 6.70. The van der Waals surface area contributed by atoms with Crippen LogP contribution in [0.4, 0.5) is 0 Å². The van der Waals surface area contributed by atoms with Crippen LogP contribution in [0, 0.1) is 11.8 Å². The predicted molar refractivity (Wildman–Crippen MR) is 66.2 cm³/mol. The van der Waals surface area contributed by atoms with E-state index < -0.39 is 5.60 Å². The summed E-state index contributed by atoms with van der Waals surface area (Å²) in [4.78, 5) is 2.26. The Labute approximate surface area is 99.5 Å². The molecule has 1 fully saturated rings. The molecule has 15 heavy (non-hydrogen) atoms. The molecule has 0 spiro atoms. The van der Waals surface area contributed by atoms with Crippen molar-refractivity contribution >= 4 is 12.4 Å². The number of hydrogen-bond donors (Lipinski definition) is 1. The van der Waals surface area contributed by atoms with E-state index in [-0.39, 0.29) is 12.4 Å². The number of hydrogen-bond acceptors (Lipinski definition) is 2. The van der Waals surface area contributed by atoms with Crippen molar-refractivity contribution in [2.45, 2.75) is 45.1 Å². The Morgan fingerprint density at radius 2 is 1.73 bits per heavy atom. The Morgan fingerprint density at radius 1 is 1.20 bits per heavy atom. The summed E-state index contributed by atoms with van der Waals surface area (Å²) in [6.45, 7) is 7.12. The van der Waals surface area contributed by atoms with Crippen molar-refractivity contribution in [1.82, 2.24) is 4.90 Å². The van der Waals surface area contributed by atoms with E-state index in [1.165, 1.54) is 0 Å². The largest absolute Gasteiger partial charge is 0.378 e. The van der Waals surface area contributed by atoms with E-state index in [4.69, 9.17) is 0 Å². The molecule has 0 aliphatic heterocycles. The fourth-order valence-corrected chi connectivity index (χ4v) is 1.85. The standard InChI is InChI=1S/C12H21NO.ClH/c1-3-13(4-2)11-7-10-12(14)8-5-6-9-12;/h14H,3-6,8-9,11H2,1-2H3;1H. The quantitative estimate of drug-likeness (QED) is 0.752. The van der Waals surface area contributed by atoms with Gasteiger partial charge in [0.1, 0.15) is 5.60 Å². The second kappa shape index (κ2) is 7.11. The van der Waals surface area contributed by atoms with Crippen molar-refractivity contribution in [2.24, 2.45) is 0 Å². The van der Waals surface area contributed by atoms with Crippen molar-refractivity contribution in [1.29, 1.82) is 0 Å². The minimum atomic E-state index is -0.660. The van der Waals surface area contributed by atoms with Crippen molar-refractivity contribution in [3.05, 3.63) is 0 Å². The minimum absolute atomic E-state index is 0. The molecule has 1 saturated carbocycles. The van der Waals surface area contributed by atoms with Gasteiger partial charge in [-0.05, 0) is 38.8 Å². The summed E-state index contributed by atoms with van der Waals surface area (Å²) < 4.78 is 0. The summed E-state index contributed by atoms with van der Waals surface area (Å²) >= 11 is 0. The van der Waals surface area contributed by atoms with Gasteiger partial charge in [0.25, 0.3) is 0 Å². The molecule has 0 unspecified atom stereocenters. The van der Waals surface area contributed by atoms with Crippen LogP contribution in [0.2, 0.25) is 0 Å². The third kappa shape index (κ3) is 4.88. The van der Waals surface area contributed by atoms with Crippen molar-refractivity contribution in [2.75, 3.05) is 19.6 Å². The topological polar surface area (TPSA) is 23.5 Å². The highest BCUT2D eigenvalue weighted by atomic mass is 35.5. The number of halogens is 1. The molecule has 0 heterocycles. The van der Waals surface area contributed by atoms with Crippen LogP contribution in [0.1, 0.15) is 39.5 Å². The van der Waals surface area contributed by atoms with Gasteiger partial charge in [-0.25, -0.2) is 0 Å². The van der Waals surface area contributed by atoms with Crippen LogP contribution in [0.3, 0.4) is 0 Å². The van der Waals surface area contributed by atoms with Gasteiger partial charge in [0.2, 0.25) is 0 Å². The van der Waals surface area contributed by atoms with E-state index >= 15 is 0 Å². The van der Waals surface area contributed by atoms with Crippen LogP contribution in [-0.2, 0) is 0 Å². The van der Waals surface area contributed by atoms with Crippen LogP contribution in [0.15, 0.2) is 0 Å². The van der Waals surface area contributed by atoms with E-state index in [2.05, 4.69) is 30.6 Å². The van der Waals surface area contributed by atoms with Crippen molar-refractivity contribution < 1.29 is 5.11 Å². The second-order valence-electron chi connectivity index (χ2n) is 4.00. The molecule has 0 saturated heterocycles. The SMILES string of the molecule is CCN(CC)CC#CC1(O)CCCC1.Cl. The summed E-state index contributed by atoms with van der Waals surface area (Å²) in [5.74, 6) is 6.12. The van der Waals surface area contributed by atoms with Crippen LogP contribution in [0.25, 0.3) is 0 Å². The molecule has 1 aliphatic rings. The summed E-state index contributed by atoms with van der Waals surface area (Å²) in [5, 5.41) is 9.96. The minimum Gasteiger partial charge on any atom is -0.378 e. The lowest BCUT2D eigenvalue weighted by atomic mass is 10.0. The zero-order valence-corrected chi connectivity index (χ0v) is 10.6. The number of rotatable bonds is 3. The molecule has 0 aromatic heterocycles. The average molecular weight is 232 g/mol. The van der Waals surface area contributed by atoms with Gasteiger partial charge in [0.15, 0.2) is 0 Å². The molecule has 1 N–H and O–H groups in total. The van der Waals surface area contributed by atoms with Crippen LogP contribution in [0.5, 0.6) is 0 Å². The fourth-order valence-electron chi connectivity index (χ4n) is 1.85. The van der Waals surface area contributed by atoms with Crippen LogP contribution >= 0.6 is 12.4 Å². The zero-order chi connectivity index (χ0) is 10.4. The second-order valence-corrected chi connectivity index (χ2v) is 4.00. The molecule has 3 heteroatoms. The number of aliphatic hydroxyl groups is 1. The van der Waals surface area contributed by atoms with Crippen molar-refractivity contribution in [3.63, 3.8) is 0 Å². The van der Waals surface area contributed by atoms with E-state index in [9.17, 15) is 5.11 Å². The zero-order valence-electron chi connectivity index (χ0n) is 9.75. The van der Waals surface area contributed by atoms with Gasteiger partial charge < -0.3 is 5.11 Å². The van der Waals surface area contributed by atoms with E-state index in [0.29, 0.717) is 0 Å². The van der Waals surface area contributed by atoms with Gasteiger partial charge in [-0.1, -0.05) is 25.7 Å². The summed E-state index contributed by atoms with van der Waals surface area (Å²) in [5.41, 5.74) is -0.660. The molecule has 0 aromatic rings. The smallest absolute Gasteiger partial charge is 0.125 e. The first-order valence-electron chi connectivity index (χ1n) is 5.65. The van der Waals surface area contributed by atoms with E-state index in [0.717, 1.165) is 45.3 Å². The van der Waals surface area contributed by atoms with Gasteiger partial charge in [0, 0.05) is 0 Å². The third-order valence-corrected chi connectivity index (χ3v) is 2.95. The molecule has 1 rings (SSSR count). The molecule has 88 valence electrons. The highest BCUT2D eigenvalue weighted by Gasteiger charge is 2.28. The summed E-state index contributed by atoms with van der Waals surface area (Å²) in [6.07, 6.45) is 3.96. The Kier molecular flexibility index (Phi) is 7.00. The third-order valence-electron chi connectivity index (χ3n) is 2.95. The molecule has 0 bridgehead atoms. The van der Waals surface area contributed by atoms with E-state index in [1.807, 2.05) is 0 Å². The van der Waals surface area contributed by atoms with Crippen molar-refractivity contribution in [3.8, 4) is 11.8 Å². The highest BCUT2D eigenvalue weighted by Crippen LogP contribution is 2.28. The maximum Gasteiger partial charge on any atom is 0.125 e. The molecular weight excluding hydrogens is 210 g/mol. The lowest BCUT2D eigenvalue weighted by Gasteiger charge is -2.16. The normalized spacial score (nSPS) is 18.1. The molecule has 0 amide bonds. The van der Waals surface area contributed by atoms with E-state index in [1.54, 1.807) is 0 Å². The van der Waals surface area contributed by atoms with Gasteiger partial charge in [-0.2, -0.15) is 0 Å². The first-order valence-corrected chi connectivity index (χ1v) is 5.65. The molecular formula is C12H22ClNO. The Morgan fingerprint density at radius 3 is 2.20 bits per heavy atom. The van der Waals surface area contributed by atoms with Gasteiger partial charge in [-0.15, -0.1) is 12.4 Å². The van der Waals surface area contributed by atoms with Crippen LogP contribution < -0.4 is 0 Å². The molecule has 0 radical (unpaired) electrons. The lowest BCUT2D eigenvalue weighted by molar-refractivity contribution is 0.109. The molecule has 1 aliphatic carbocycles. The Balaban J connectivity index is 0.00000196. The monoisotopic (exact) mass is 231 g/mol. The van der Waals surface area contributed by atoms with Gasteiger partial charge in [0.05, 0.1) is 6.54 Å². The Hall–Kier alpha value is -0.230. The maximum absolute atomic E-state index is 9.96. The van der Waals surface area contributed by atoms with Gasteiger partial charge in [-0.3, -0.25) is 4.90 Å². The lowest BCUT2D eigenvalue weighted by Crippen LogP contribution is -2.25. The summed E-state index contributed by atoms with van der Waals surface area (Å²) in [6, 6.07) is 0. The summed E-state index contributed by atoms with van der Waals surface area (Å²) in [7, 11) is 0. The first kappa shape index (κ1) is 14.8. The highest BCUT2D eigenvalue weighted by molar-refractivity contribution is 5.85. The van der Waals surface area contributed by atoms with Gasteiger partial charge >= 0.3 is 0 Å². The Bertz CT molecular complexity index is 222. The average Bonchev–Trinajstić information content (AvgIpc) is 2.60. The molecule has 0 aromatic carbocycles. The fraction of sp³-hybridized carbons (Fsp3) is 0.833. The molecule has 0 atom stereocenters. The van der Waals surface area contributed by atoms with Crippen LogP contribution in [-0.4, -0.2) is 35.2 Å². The maximum atomic E-state index is 9.96. The predicted octanol–water partition coefficient (Wildman–Crippen LogP) is 2.06. The number of nitrogens with zero attached hydrogens (tertiary/aromatic N) is 1. The molecule has 2 nitrogen and oxygen atoms in total.